The zero-order valence-corrected chi connectivity index (χ0v) is 22.6. The van der Waals surface area contributed by atoms with Gasteiger partial charge in [-0.1, -0.05) is 18.6 Å². The Kier molecular flexibility index (Phi) is 7.56. The molecule has 2 aliphatic heterocycles. The molecule has 0 bridgehead atoms. The highest BCUT2D eigenvalue weighted by atomic mass is 16.7. The quantitative estimate of drug-likeness (QED) is 0.293. The van der Waals surface area contributed by atoms with Crippen LogP contribution in [0.5, 0.6) is 0 Å². The van der Waals surface area contributed by atoms with Crippen LogP contribution < -0.4 is 0 Å². The van der Waals surface area contributed by atoms with Crippen LogP contribution in [-0.4, -0.2) is 45.1 Å². The summed E-state index contributed by atoms with van der Waals surface area (Å²) < 4.78 is 30.6. The summed E-state index contributed by atoms with van der Waals surface area (Å²) in [5.41, 5.74) is 2.01. The fourth-order valence-corrected chi connectivity index (χ4v) is 9.16. The fourth-order valence-electron chi connectivity index (χ4n) is 9.16. The molecule has 3 saturated carbocycles. The summed E-state index contributed by atoms with van der Waals surface area (Å²) in [5, 5.41) is 0. The van der Waals surface area contributed by atoms with Gasteiger partial charge >= 0.3 is 0 Å². The van der Waals surface area contributed by atoms with E-state index >= 15 is 0 Å². The molecule has 0 aromatic rings. The van der Waals surface area contributed by atoms with E-state index in [1.54, 1.807) is 12.7 Å². The Hall–Kier alpha value is -0.880. The van der Waals surface area contributed by atoms with E-state index in [1.807, 2.05) is 6.26 Å². The molecule has 5 heteroatoms. The maximum absolute atomic E-state index is 6.69. The van der Waals surface area contributed by atoms with Gasteiger partial charge in [0, 0.05) is 18.6 Å². The molecule has 0 amide bonds. The molecule has 5 fully saturated rings. The van der Waals surface area contributed by atoms with Crippen molar-refractivity contribution in [2.75, 3.05) is 20.3 Å². The zero-order valence-electron chi connectivity index (χ0n) is 22.6. The topological polar surface area (TPSA) is 46.2 Å². The van der Waals surface area contributed by atoms with Crippen LogP contribution in [0.2, 0.25) is 0 Å². The van der Waals surface area contributed by atoms with E-state index in [0.29, 0.717) is 12.0 Å². The highest BCUT2D eigenvalue weighted by Gasteiger charge is 2.60. The monoisotopic (exact) mass is 500 g/mol. The normalized spacial score (nSPS) is 47.1. The lowest BCUT2D eigenvalue weighted by Crippen LogP contribution is -2.52. The maximum Gasteiger partial charge on any atom is 0.157 e. The number of hydrogen-bond donors (Lipinski definition) is 0. The average molecular weight is 501 g/mol. The highest BCUT2D eigenvalue weighted by molar-refractivity contribution is 5.31. The lowest BCUT2D eigenvalue weighted by atomic mass is 9.47. The molecule has 9 atom stereocenters. The molecule has 0 aromatic carbocycles. The molecule has 4 aliphatic carbocycles. The number of fused-ring (bicyclic) bond motifs is 5. The second-order valence-electron chi connectivity index (χ2n) is 12.8. The lowest BCUT2D eigenvalue weighted by Gasteiger charge is -2.58. The van der Waals surface area contributed by atoms with Gasteiger partial charge in [0.1, 0.15) is 0 Å². The minimum Gasteiger partial charge on any atom is -0.505 e. The number of methoxy groups -OCH3 is 1. The average Bonchev–Trinajstić information content (AvgIpc) is 3.24. The predicted molar refractivity (Wildman–Crippen MR) is 139 cm³/mol. The van der Waals surface area contributed by atoms with Crippen LogP contribution in [0.25, 0.3) is 0 Å². The van der Waals surface area contributed by atoms with Crippen LogP contribution in [0.1, 0.15) is 96.8 Å². The molecular formula is C31H48O5. The van der Waals surface area contributed by atoms with Gasteiger partial charge < -0.3 is 23.7 Å². The lowest BCUT2D eigenvalue weighted by molar-refractivity contribution is -0.215. The summed E-state index contributed by atoms with van der Waals surface area (Å²) in [5.74, 6) is 2.16. The van der Waals surface area contributed by atoms with E-state index in [9.17, 15) is 0 Å². The SMILES string of the molecule is COC=C[C@]12CC[C@H](OC3CCCCO3)CC1=CCC1C2CC[C@@]2(C)C1CC[C@@H]2OC1CCCCO1. The van der Waals surface area contributed by atoms with E-state index in [4.69, 9.17) is 23.7 Å². The van der Waals surface area contributed by atoms with Crippen LogP contribution in [0.15, 0.2) is 24.0 Å². The molecule has 2 heterocycles. The predicted octanol–water partition coefficient (Wildman–Crippen LogP) is 6.91. The third kappa shape index (κ3) is 4.61. The number of hydrogen-bond acceptors (Lipinski definition) is 5. The van der Waals surface area contributed by atoms with Gasteiger partial charge in [0.05, 0.1) is 25.6 Å². The van der Waals surface area contributed by atoms with E-state index in [1.165, 1.54) is 57.8 Å². The standard InChI is InChI=1S/C31H48O5/c1-30-15-14-26-24(25(30)11-12-27(30)36-29-8-4-6-19-34-29)10-9-22-21-23(35-28-7-3-5-18-33-28)13-16-31(22,26)17-20-32-2/h9,17,20,23-29H,3-8,10-16,18-19,21H2,1-2H3/t23-,24?,25?,26?,27-,28?,29?,30-,31+/m0/s1. The molecule has 202 valence electrons. The first-order valence-corrected chi connectivity index (χ1v) is 15.1. The summed E-state index contributed by atoms with van der Waals surface area (Å²) in [6, 6.07) is 0. The van der Waals surface area contributed by atoms with Gasteiger partial charge in [-0.2, -0.15) is 0 Å². The highest BCUT2D eigenvalue weighted by Crippen LogP contribution is 2.66. The third-order valence-corrected chi connectivity index (χ3v) is 11.0. The summed E-state index contributed by atoms with van der Waals surface area (Å²) in [4.78, 5) is 0. The van der Waals surface area contributed by atoms with Crippen molar-refractivity contribution < 1.29 is 23.7 Å². The Morgan fingerprint density at radius 2 is 1.64 bits per heavy atom. The maximum atomic E-state index is 6.69. The van der Waals surface area contributed by atoms with Crippen LogP contribution >= 0.6 is 0 Å². The van der Waals surface area contributed by atoms with Crippen LogP contribution in [-0.2, 0) is 23.7 Å². The number of allylic oxidation sites excluding steroid dienone is 2. The van der Waals surface area contributed by atoms with Gasteiger partial charge in [0.15, 0.2) is 12.6 Å². The van der Waals surface area contributed by atoms with Crippen molar-refractivity contribution in [2.45, 2.75) is 122 Å². The summed E-state index contributed by atoms with van der Waals surface area (Å²) in [7, 11) is 1.79. The van der Waals surface area contributed by atoms with Crippen molar-refractivity contribution in [3.63, 3.8) is 0 Å². The van der Waals surface area contributed by atoms with Gasteiger partial charge in [-0.05, 0) is 119 Å². The number of ether oxygens (including phenoxy) is 5. The van der Waals surface area contributed by atoms with Crippen molar-refractivity contribution in [2.24, 2.45) is 28.6 Å². The van der Waals surface area contributed by atoms with Crippen LogP contribution in [0.4, 0.5) is 0 Å². The van der Waals surface area contributed by atoms with Crippen molar-refractivity contribution in [3.05, 3.63) is 24.0 Å². The van der Waals surface area contributed by atoms with Gasteiger partial charge in [-0.25, -0.2) is 0 Å². The molecule has 5 unspecified atom stereocenters. The van der Waals surface area contributed by atoms with Crippen molar-refractivity contribution in [3.8, 4) is 0 Å². The molecule has 5 nitrogen and oxygen atoms in total. The first-order valence-electron chi connectivity index (χ1n) is 15.1. The number of rotatable bonds is 6. The van der Waals surface area contributed by atoms with E-state index < -0.39 is 0 Å². The molecule has 6 rings (SSSR count). The molecule has 6 aliphatic rings. The van der Waals surface area contributed by atoms with Crippen molar-refractivity contribution in [1.82, 2.24) is 0 Å². The molecule has 0 radical (unpaired) electrons. The second kappa shape index (κ2) is 10.7. The Labute approximate surface area is 218 Å². The van der Waals surface area contributed by atoms with Gasteiger partial charge in [-0.3, -0.25) is 0 Å². The van der Waals surface area contributed by atoms with Crippen molar-refractivity contribution in [1.29, 1.82) is 0 Å². The van der Waals surface area contributed by atoms with E-state index in [2.05, 4.69) is 19.1 Å². The van der Waals surface area contributed by atoms with E-state index in [0.717, 1.165) is 57.2 Å². The fraction of sp³-hybridized carbons (Fsp3) is 0.871. The summed E-state index contributed by atoms with van der Waals surface area (Å²) in [6.45, 7) is 4.25. The van der Waals surface area contributed by atoms with Crippen LogP contribution in [0, 0.1) is 28.6 Å². The smallest absolute Gasteiger partial charge is 0.157 e. The molecule has 0 N–H and O–H groups in total. The minimum absolute atomic E-state index is 0.00154. The van der Waals surface area contributed by atoms with Crippen LogP contribution in [0.3, 0.4) is 0 Å². The molecule has 2 saturated heterocycles. The first kappa shape index (κ1) is 25.4. The summed E-state index contributed by atoms with van der Waals surface area (Å²) in [6.07, 6.45) is 24.2. The largest absolute Gasteiger partial charge is 0.505 e. The Morgan fingerprint density at radius 1 is 0.861 bits per heavy atom. The second-order valence-corrected chi connectivity index (χ2v) is 12.8. The third-order valence-electron chi connectivity index (χ3n) is 11.0. The molecule has 0 aromatic heterocycles. The first-order chi connectivity index (χ1) is 17.6. The minimum atomic E-state index is 0.00154. The van der Waals surface area contributed by atoms with E-state index in [-0.39, 0.29) is 29.5 Å². The van der Waals surface area contributed by atoms with Gasteiger partial charge in [0.2, 0.25) is 0 Å². The molecule has 0 spiro atoms. The Balaban J connectivity index is 1.20. The molecule has 36 heavy (non-hydrogen) atoms. The zero-order chi connectivity index (χ0) is 24.6. The van der Waals surface area contributed by atoms with Crippen molar-refractivity contribution >= 4 is 0 Å². The Bertz CT molecular complexity index is 812. The van der Waals surface area contributed by atoms with Gasteiger partial charge in [0.25, 0.3) is 0 Å². The molecular weight excluding hydrogens is 452 g/mol. The summed E-state index contributed by atoms with van der Waals surface area (Å²) >= 11 is 0. The van der Waals surface area contributed by atoms with Gasteiger partial charge in [-0.15, -0.1) is 0 Å². The Morgan fingerprint density at radius 3 is 2.36 bits per heavy atom.